The van der Waals surface area contributed by atoms with Gasteiger partial charge in [-0.15, -0.1) is 0 Å². The van der Waals surface area contributed by atoms with E-state index in [4.69, 9.17) is 5.73 Å². The Balaban J connectivity index is 2.14. The molecule has 2 amide bonds. The zero-order valence-electron chi connectivity index (χ0n) is 23.5. The Morgan fingerprint density at radius 3 is 2.36 bits per heavy atom. The third kappa shape index (κ3) is 7.76. The molecule has 2 unspecified atom stereocenters. The quantitative estimate of drug-likeness (QED) is 0.331. The average Bonchev–Trinajstić information content (AvgIpc) is 3.26. The third-order valence-electron chi connectivity index (χ3n) is 6.73. The summed E-state index contributed by atoms with van der Waals surface area (Å²) in [4.78, 5) is 27.2. The van der Waals surface area contributed by atoms with Gasteiger partial charge in [0.1, 0.15) is 11.6 Å². The minimum absolute atomic E-state index is 0.111. The Morgan fingerprint density at radius 1 is 1.08 bits per heavy atom. The summed E-state index contributed by atoms with van der Waals surface area (Å²) in [5.74, 6) is -1.35. The molecule has 0 spiro atoms. The maximum atomic E-state index is 14.9. The minimum Gasteiger partial charge on any atom is -0.350 e. The molecule has 3 N–H and O–H groups in total. The Morgan fingerprint density at radius 2 is 1.77 bits per heavy atom. The smallest absolute Gasteiger partial charge is 0.220 e. The van der Waals surface area contributed by atoms with Gasteiger partial charge in [-0.1, -0.05) is 58.0 Å². The molecule has 3 aromatic rings. The predicted molar refractivity (Wildman–Crippen MR) is 151 cm³/mol. The van der Waals surface area contributed by atoms with E-state index in [0.717, 1.165) is 23.4 Å². The molecular formula is C31H40F2N4O2. The topological polar surface area (TPSA) is 80.4 Å². The highest BCUT2D eigenvalue weighted by Gasteiger charge is 2.37. The summed E-state index contributed by atoms with van der Waals surface area (Å²) < 4.78 is 31.0. The molecule has 1 aromatic heterocycles. The second kappa shape index (κ2) is 13.0. The second-order valence-electron chi connectivity index (χ2n) is 11.1. The number of nitrogens with one attached hydrogen (secondary N) is 1. The van der Waals surface area contributed by atoms with Crippen molar-refractivity contribution in [2.75, 3.05) is 13.1 Å². The van der Waals surface area contributed by atoms with Crippen molar-refractivity contribution in [2.45, 2.75) is 66.1 Å². The molecule has 0 aliphatic rings. The molecule has 0 saturated heterocycles. The van der Waals surface area contributed by atoms with Crippen LogP contribution in [0.25, 0.3) is 11.1 Å². The standard InChI is InChI=1S/C31H40F2N4O2/c1-6-10-29(39)35-25(17-34)20-37(21(2)38)30(31(3,4)5)28-15-23(26-16-24(32)13-14-27(26)33)19-36(28)18-22-11-8-7-9-12-22/h7-9,11-16,19,25,30H,6,10,17-18,20,34H2,1-5H3,(H,35,39). The second-order valence-corrected chi connectivity index (χ2v) is 11.1. The van der Waals surface area contributed by atoms with Crippen molar-refractivity contribution < 1.29 is 18.4 Å². The SMILES string of the molecule is CCCC(=O)NC(CN)CN(C(C)=O)C(c1cc(-c2cc(F)ccc2F)cn1Cc1ccccc1)C(C)(C)C. The molecule has 0 radical (unpaired) electrons. The van der Waals surface area contributed by atoms with Gasteiger partial charge in [0.15, 0.2) is 0 Å². The first-order valence-corrected chi connectivity index (χ1v) is 13.4. The van der Waals surface area contributed by atoms with Crippen LogP contribution in [0.3, 0.4) is 0 Å². The van der Waals surface area contributed by atoms with Crippen LogP contribution in [-0.2, 0) is 16.1 Å². The summed E-state index contributed by atoms with van der Waals surface area (Å²) in [6.45, 7) is 10.4. The van der Waals surface area contributed by atoms with Gasteiger partial charge < -0.3 is 20.5 Å². The van der Waals surface area contributed by atoms with Crippen LogP contribution < -0.4 is 11.1 Å². The van der Waals surface area contributed by atoms with Crippen LogP contribution in [0.4, 0.5) is 8.78 Å². The van der Waals surface area contributed by atoms with Crippen molar-refractivity contribution in [3.05, 3.63) is 83.7 Å². The Kier molecular flexibility index (Phi) is 10.0. The van der Waals surface area contributed by atoms with E-state index in [1.165, 1.54) is 13.0 Å². The number of rotatable bonds is 11. The van der Waals surface area contributed by atoms with E-state index in [9.17, 15) is 18.4 Å². The lowest BCUT2D eigenvalue weighted by atomic mass is 9.82. The van der Waals surface area contributed by atoms with E-state index in [2.05, 4.69) is 5.32 Å². The van der Waals surface area contributed by atoms with E-state index in [1.807, 2.05) is 68.7 Å². The largest absolute Gasteiger partial charge is 0.350 e. The van der Waals surface area contributed by atoms with Gasteiger partial charge in [0.05, 0.1) is 12.1 Å². The predicted octanol–water partition coefficient (Wildman–Crippen LogP) is 5.66. The van der Waals surface area contributed by atoms with E-state index < -0.39 is 29.1 Å². The van der Waals surface area contributed by atoms with Crippen LogP contribution in [0, 0.1) is 17.0 Å². The van der Waals surface area contributed by atoms with Crippen LogP contribution in [0.15, 0.2) is 60.8 Å². The van der Waals surface area contributed by atoms with Crippen LogP contribution in [0.1, 0.15) is 64.8 Å². The van der Waals surface area contributed by atoms with Gasteiger partial charge in [0.25, 0.3) is 0 Å². The summed E-state index contributed by atoms with van der Waals surface area (Å²) in [7, 11) is 0. The van der Waals surface area contributed by atoms with Crippen LogP contribution in [0.2, 0.25) is 0 Å². The third-order valence-corrected chi connectivity index (χ3v) is 6.73. The highest BCUT2D eigenvalue weighted by Crippen LogP contribution is 2.41. The molecule has 0 saturated carbocycles. The lowest BCUT2D eigenvalue weighted by molar-refractivity contribution is -0.135. The molecule has 0 aliphatic carbocycles. The number of carbonyl (C=O) groups is 2. The zero-order valence-corrected chi connectivity index (χ0v) is 23.5. The number of hydrogen-bond acceptors (Lipinski definition) is 3. The number of hydrogen-bond donors (Lipinski definition) is 2. The molecule has 2 aromatic carbocycles. The van der Waals surface area contributed by atoms with Crippen LogP contribution >= 0.6 is 0 Å². The van der Waals surface area contributed by atoms with Gasteiger partial charge in [-0.25, -0.2) is 8.78 Å². The Bertz CT molecular complexity index is 1270. The molecule has 39 heavy (non-hydrogen) atoms. The number of halogens is 2. The normalized spacial score (nSPS) is 13.1. The Labute approximate surface area is 230 Å². The van der Waals surface area contributed by atoms with Crippen molar-refractivity contribution in [1.29, 1.82) is 0 Å². The molecule has 0 fully saturated rings. The summed E-state index contributed by atoms with van der Waals surface area (Å²) in [5.41, 5.74) is 8.03. The van der Waals surface area contributed by atoms with Crippen molar-refractivity contribution in [2.24, 2.45) is 11.1 Å². The molecule has 8 heteroatoms. The summed E-state index contributed by atoms with van der Waals surface area (Å²) >= 11 is 0. The van der Waals surface area contributed by atoms with Gasteiger partial charge in [-0.2, -0.15) is 0 Å². The first-order chi connectivity index (χ1) is 18.4. The monoisotopic (exact) mass is 538 g/mol. The Hall–Kier alpha value is -3.52. The fourth-order valence-electron chi connectivity index (χ4n) is 4.97. The highest BCUT2D eigenvalue weighted by molar-refractivity contribution is 5.77. The first-order valence-electron chi connectivity index (χ1n) is 13.4. The number of benzene rings is 2. The fraction of sp³-hybridized carbons (Fsp3) is 0.419. The van der Waals surface area contributed by atoms with Gasteiger partial charge in [0.2, 0.25) is 11.8 Å². The van der Waals surface area contributed by atoms with E-state index in [0.29, 0.717) is 24.9 Å². The molecule has 1 heterocycles. The number of amides is 2. The highest BCUT2D eigenvalue weighted by atomic mass is 19.1. The number of nitrogens with zero attached hydrogens (tertiary/aromatic N) is 2. The summed E-state index contributed by atoms with van der Waals surface area (Å²) in [6, 6.07) is 14.1. The van der Waals surface area contributed by atoms with Gasteiger partial charge in [0, 0.05) is 56.0 Å². The van der Waals surface area contributed by atoms with Gasteiger partial charge in [-0.05, 0) is 41.7 Å². The molecule has 2 atom stereocenters. The molecular weight excluding hydrogens is 498 g/mol. The van der Waals surface area contributed by atoms with Crippen molar-refractivity contribution in [1.82, 2.24) is 14.8 Å². The molecule has 0 aliphatic heterocycles. The molecule has 0 bridgehead atoms. The zero-order chi connectivity index (χ0) is 28.7. The maximum absolute atomic E-state index is 14.9. The van der Waals surface area contributed by atoms with Crippen LogP contribution in [-0.4, -0.2) is 40.4 Å². The summed E-state index contributed by atoms with van der Waals surface area (Å²) in [5, 5.41) is 2.95. The van der Waals surface area contributed by atoms with E-state index in [-0.39, 0.29) is 30.5 Å². The minimum atomic E-state index is -0.532. The number of nitrogens with two attached hydrogens (primary N) is 1. The number of carbonyl (C=O) groups excluding carboxylic acids is 2. The lowest BCUT2D eigenvalue weighted by Crippen LogP contribution is -2.52. The average molecular weight is 539 g/mol. The van der Waals surface area contributed by atoms with Crippen molar-refractivity contribution in [3.63, 3.8) is 0 Å². The van der Waals surface area contributed by atoms with Crippen molar-refractivity contribution >= 4 is 11.8 Å². The lowest BCUT2D eigenvalue weighted by Gasteiger charge is -2.42. The van der Waals surface area contributed by atoms with E-state index in [1.54, 1.807) is 11.1 Å². The van der Waals surface area contributed by atoms with Crippen molar-refractivity contribution in [3.8, 4) is 11.1 Å². The maximum Gasteiger partial charge on any atom is 0.220 e. The summed E-state index contributed by atoms with van der Waals surface area (Å²) in [6.07, 6.45) is 2.89. The molecule has 6 nitrogen and oxygen atoms in total. The van der Waals surface area contributed by atoms with Gasteiger partial charge >= 0.3 is 0 Å². The van der Waals surface area contributed by atoms with E-state index >= 15 is 0 Å². The fourth-order valence-corrected chi connectivity index (χ4v) is 4.97. The molecule has 210 valence electrons. The van der Waals surface area contributed by atoms with Crippen LogP contribution in [0.5, 0.6) is 0 Å². The molecule has 3 rings (SSSR count). The first kappa shape index (κ1) is 30.0. The van der Waals surface area contributed by atoms with Gasteiger partial charge in [-0.3, -0.25) is 9.59 Å². The number of aromatic nitrogens is 1.